The van der Waals surface area contributed by atoms with Crippen molar-refractivity contribution >= 4 is 0 Å². The van der Waals surface area contributed by atoms with Gasteiger partial charge >= 0.3 is 0 Å². The van der Waals surface area contributed by atoms with Gasteiger partial charge in [-0.15, -0.1) is 0 Å². The van der Waals surface area contributed by atoms with Gasteiger partial charge in [-0.3, -0.25) is 0 Å². The van der Waals surface area contributed by atoms with E-state index in [2.05, 4.69) is 10.6 Å². The van der Waals surface area contributed by atoms with Crippen LogP contribution in [0.2, 0.25) is 0 Å². The summed E-state index contributed by atoms with van der Waals surface area (Å²) in [6.45, 7) is 2.10. The van der Waals surface area contributed by atoms with Gasteiger partial charge in [-0.1, -0.05) is 0 Å². The van der Waals surface area contributed by atoms with Crippen LogP contribution in [0.1, 0.15) is 0 Å². The minimum Gasteiger partial charge on any atom is -0.412 e. The van der Waals surface area contributed by atoms with E-state index in [9.17, 15) is 0 Å². The molecule has 0 aromatic rings. The molecule has 0 bridgehead atoms. The molecule has 0 aromatic carbocycles. The zero-order valence-electron chi connectivity index (χ0n) is 4.91. The maximum atomic E-state index is 3.01. The first-order chi connectivity index (χ1) is 2.91. The Bertz CT molecular complexity index is 21.7. The van der Waals surface area contributed by atoms with Crippen LogP contribution in [0.3, 0.4) is 0 Å². The zero-order valence-corrected chi connectivity index (χ0v) is 4.91. The first kappa shape index (κ1) is 9.99. The molecule has 0 saturated carbocycles. The highest BCUT2D eigenvalue weighted by Gasteiger charge is 1.70. The molecule has 0 fully saturated rings. The number of hydrogen-bond donors (Lipinski definition) is 2. The van der Waals surface area contributed by atoms with Crippen LogP contribution in [0.15, 0.2) is 0 Å². The largest absolute Gasteiger partial charge is 0.412 e. The van der Waals surface area contributed by atoms with Crippen LogP contribution in [0.4, 0.5) is 0 Å². The second-order valence-corrected chi connectivity index (χ2v) is 1.21. The van der Waals surface area contributed by atoms with E-state index in [1.165, 1.54) is 0 Å². The van der Waals surface area contributed by atoms with E-state index in [1.807, 2.05) is 14.1 Å². The molecule has 0 saturated heterocycles. The number of likely N-dealkylation sites (N-methyl/N-ethyl adjacent to an activating group) is 2. The maximum Gasteiger partial charge on any atom is 0.00736 e. The highest BCUT2D eigenvalue weighted by atomic mass is 16.0. The fourth-order valence-corrected chi connectivity index (χ4v) is 0.250. The molecule has 0 spiro atoms. The summed E-state index contributed by atoms with van der Waals surface area (Å²) in [6, 6.07) is 0. The third kappa shape index (κ3) is 10.7. The molecule has 0 amide bonds. The summed E-state index contributed by atoms with van der Waals surface area (Å²) >= 11 is 0. The van der Waals surface area contributed by atoms with Crippen molar-refractivity contribution in [3.05, 3.63) is 0 Å². The fourth-order valence-electron chi connectivity index (χ4n) is 0.250. The van der Waals surface area contributed by atoms with E-state index < -0.39 is 0 Å². The number of nitrogens with one attached hydrogen (secondary N) is 2. The monoisotopic (exact) mass is 106 g/mol. The summed E-state index contributed by atoms with van der Waals surface area (Å²) in [5.74, 6) is 0. The van der Waals surface area contributed by atoms with Gasteiger partial charge in [0.25, 0.3) is 0 Å². The molecular weight excluding hydrogens is 92.1 g/mol. The molecule has 3 heteroatoms. The van der Waals surface area contributed by atoms with Crippen LogP contribution in [-0.2, 0) is 0 Å². The van der Waals surface area contributed by atoms with E-state index in [-0.39, 0.29) is 5.48 Å². The molecule has 0 aliphatic carbocycles. The molecular formula is C4H14N2O. The summed E-state index contributed by atoms with van der Waals surface area (Å²) in [6.07, 6.45) is 0. The van der Waals surface area contributed by atoms with E-state index >= 15 is 0 Å². The van der Waals surface area contributed by atoms with Crippen LogP contribution in [0.5, 0.6) is 0 Å². The molecule has 4 N–H and O–H groups in total. The molecule has 0 aliphatic heterocycles. The number of hydrogen-bond acceptors (Lipinski definition) is 2. The van der Waals surface area contributed by atoms with Crippen molar-refractivity contribution in [2.75, 3.05) is 27.2 Å². The van der Waals surface area contributed by atoms with Crippen LogP contribution >= 0.6 is 0 Å². The average Bonchev–Trinajstić information content (AvgIpc) is 1.61. The molecule has 3 nitrogen and oxygen atoms in total. The Morgan fingerprint density at radius 2 is 1.29 bits per heavy atom. The molecule has 0 heterocycles. The van der Waals surface area contributed by atoms with Crippen molar-refractivity contribution < 1.29 is 5.48 Å². The normalized spacial score (nSPS) is 7.71. The Kier molecular flexibility index (Phi) is 13.3. The zero-order chi connectivity index (χ0) is 4.83. The maximum absolute atomic E-state index is 3.01. The van der Waals surface area contributed by atoms with Gasteiger partial charge < -0.3 is 16.1 Å². The van der Waals surface area contributed by atoms with Crippen molar-refractivity contribution in [3.8, 4) is 0 Å². The molecule has 0 radical (unpaired) electrons. The SMILES string of the molecule is CNCCNC.O. The van der Waals surface area contributed by atoms with Gasteiger partial charge in [0.05, 0.1) is 0 Å². The Morgan fingerprint density at radius 3 is 1.43 bits per heavy atom. The van der Waals surface area contributed by atoms with Gasteiger partial charge in [-0.2, -0.15) is 0 Å². The first-order valence-electron chi connectivity index (χ1n) is 2.21. The Hall–Kier alpha value is -0.120. The second kappa shape index (κ2) is 9.30. The van der Waals surface area contributed by atoms with Gasteiger partial charge in [0.1, 0.15) is 0 Å². The van der Waals surface area contributed by atoms with Crippen LogP contribution < -0.4 is 10.6 Å². The fraction of sp³-hybridized carbons (Fsp3) is 1.00. The molecule has 0 unspecified atom stereocenters. The van der Waals surface area contributed by atoms with E-state index in [1.54, 1.807) is 0 Å². The van der Waals surface area contributed by atoms with Gasteiger partial charge in [0.2, 0.25) is 0 Å². The van der Waals surface area contributed by atoms with E-state index in [0.717, 1.165) is 13.1 Å². The number of rotatable bonds is 3. The van der Waals surface area contributed by atoms with Crippen molar-refractivity contribution in [1.82, 2.24) is 10.6 Å². The quantitative estimate of drug-likeness (QED) is 0.435. The second-order valence-electron chi connectivity index (χ2n) is 1.21. The van der Waals surface area contributed by atoms with Crippen molar-refractivity contribution in [2.45, 2.75) is 0 Å². The lowest BCUT2D eigenvalue weighted by Gasteiger charge is -1.92. The summed E-state index contributed by atoms with van der Waals surface area (Å²) in [5, 5.41) is 6.01. The van der Waals surface area contributed by atoms with E-state index in [0.29, 0.717) is 0 Å². The van der Waals surface area contributed by atoms with Crippen molar-refractivity contribution in [2.24, 2.45) is 0 Å². The minimum absolute atomic E-state index is 0. The lowest BCUT2D eigenvalue weighted by atomic mass is 10.6. The summed E-state index contributed by atoms with van der Waals surface area (Å²) in [4.78, 5) is 0. The predicted octanol–water partition coefficient (Wildman–Crippen LogP) is -1.40. The molecule has 0 aliphatic rings. The van der Waals surface area contributed by atoms with Crippen LogP contribution in [0.25, 0.3) is 0 Å². The highest BCUT2D eigenvalue weighted by Crippen LogP contribution is 1.45. The standard InChI is InChI=1S/C4H12N2.H2O/c1-5-3-4-6-2;/h5-6H,3-4H2,1-2H3;1H2. The van der Waals surface area contributed by atoms with Crippen LogP contribution in [-0.4, -0.2) is 32.7 Å². The first-order valence-corrected chi connectivity index (χ1v) is 2.21. The molecule has 46 valence electrons. The van der Waals surface area contributed by atoms with Crippen molar-refractivity contribution in [1.29, 1.82) is 0 Å². The van der Waals surface area contributed by atoms with Gasteiger partial charge in [-0.25, -0.2) is 0 Å². The van der Waals surface area contributed by atoms with E-state index in [4.69, 9.17) is 0 Å². The summed E-state index contributed by atoms with van der Waals surface area (Å²) in [7, 11) is 3.88. The molecule has 0 atom stereocenters. The smallest absolute Gasteiger partial charge is 0.00736 e. The Balaban J connectivity index is 0. The lowest BCUT2D eigenvalue weighted by molar-refractivity contribution is 0.718. The molecule has 0 aromatic heterocycles. The molecule has 7 heavy (non-hydrogen) atoms. The lowest BCUT2D eigenvalue weighted by Crippen LogP contribution is -2.21. The van der Waals surface area contributed by atoms with Crippen molar-refractivity contribution in [3.63, 3.8) is 0 Å². The van der Waals surface area contributed by atoms with Gasteiger partial charge in [0, 0.05) is 13.1 Å². The third-order valence-corrected chi connectivity index (χ3v) is 0.625. The van der Waals surface area contributed by atoms with Crippen LogP contribution in [0, 0.1) is 0 Å². The summed E-state index contributed by atoms with van der Waals surface area (Å²) in [5.41, 5.74) is 0. The van der Waals surface area contributed by atoms with Gasteiger partial charge in [0.15, 0.2) is 0 Å². The topological polar surface area (TPSA) is 55.6 Å². The third-order valence-electron chi connectivity index (χ3n) is 0.625. The predicted molar refractivity (Wildman–Crippen MR) is 31.5 cm³/mol. The highest BCUT2D eigenvalue weighted by molar-refractivity contribution is 4.38. The average molecular weight is 106 g/mol. The summed E-state index contributed by atoms with van der Waals surface area (Å²) < 4.78 is 0. The Morgan fingerprint density at radius 1 is 1.00 bits per heavy atom. The van der Waals surface area contributed by atoms with Gasteiger partial charge in [-0.05, 0) is 14.1 Å². The molecule has 0 rings (SSSR count). The Labute approximate surface area is 44.4 Å². The minimum atomic E-state index is 0.